The summed E-state index contributed by atoms with van der Waals surface area (Å²) in [4.78, 5) is 14.8. The molecule has 7 heteroatoms. The smallest absolute Gasteiger partial charge is 0.381 e. The zero-order chi connectivity index (χ0) is 20.4. The molecule has 0 unspecified atom stereocenters. The Labute approximate surface area is 170 Å². The minimum atomic E-state index is -4.46. The van der Waals surface area contributed by atoms with Gasteiger partial charge in [0.2, 0.25) is 5.91 Å². The van der Waals surface area contributed by atoms with Crippen molar-refractivity contribution in [3.63, 3.8) is 0 Å². The van der Waals surface area contributed by atoms with E-state index in [2.05, 4.69) is 15.9 Å². The number of likely N-dealkylation sites (N-methyl/N-ethyl adjacent to an activating group) is 1. The van der Waals surface area contributed by atoms with Crippen LogP contribution in [0.2, 0.25) is 0 Å². The van der Waals surface area contributed by atoms with Crippen LogP contribution in [0.15, 0.2) is 53.0 Å². The molecule has 3 rings (SSSR count). The second-order valence-corrected chi connectivity index (χ2v) is 7.93. The average molecular weight is 456 g/mol. The quantitative estimate of drug-likeness (QED) is 0.635. The lowest BCUT2D eigenvalue weighted by Gasteiger charge is -2.39. The van der Waals surface area contributed by atoms with Crippen molar-refractivity contribution in [1.29, 1.82) is 0 Å². The summed E-state index contributed by atoms with van der Waals surface area (Å²) in [5.41, 5.74) is -0.552. The van der Waals surface area contributed by atoms with Crippen LogP contribution < -0.4 is 0 Å². The summed E-state index contributed by atoms with van der Waals surface area (Å²) >= 11 is 3.40. The summed E-state index contributed by atoms with van der Waals surface area (Å²) in [5, 5.41) is 0. The fraction of sp³-hybridized carbons (Fsp3) is 0.381. The largest absolute Gasteiger partial charge is 0.416 e. The summed E-state index contributed by atoms with van der Waals surface area (Å²) in [6.07, 6.45) is -3.46. The second-order valence-electron chi connectivity index (χ2n) is 7.02. The van der Waals surface area contributed by atoms with Crippen LogP contribution in [0.25, 0.3) is 0 Å². The van der Waals surface area contributed by atoms with Crippen molar-refractivity contribution < 1.29 is 22.7 Å². The molecule has 1 heterocycles. The van der Waals surface area contributed by atoms with Gasteiger partial charge in [0.1, 0.15) is 0 Å². The van der Waals surface area contributed by atoms with E-state index in [4.69, 9.17) is 4.74 Å². The number of alkyl halides is 3. The molecule has 1 fully saturated rings. The van der Waals surface area contributed by atoms with Crippen LogP contribution in [0, 0.1) is 0 Å². The molecule has 1 aliphatic heterocycles. The predicted molar refractivity (Wildman–Crippen MR) is 104 cm³/mol. The minimum absolute atomic E-state index is 0.0869. The van der Waals surface area contributed by atoms with Crippen LogP contribution in [0.3, 0.4) is 0 Å². The molecule has 0 radical (unpaired) electrons. The molecular weight excluding hydrogens is 435 g/mol. The van der Waals surface area contributed by atoms with Crippen LogP contribution in [0.5, 0.6) is 0 Å². The normalized spacial score (nSPS) is 16.6. The molecular formula is C21H21BrF3NO2. The van der Waals surface area contributed by atoms with Crippen molar-refractivity contribution in [2.24, 2.45) is 0 Å². The molecule has 150 valence electrons. The molecule has 1 aliphatic rings. The first-order chi connectivity index (χ1) is 13.2. The van der Waals surface area contributed by atoms with E-state index in [-0.39, 0.29) is 18.0 Å². The van der Waals surface area contributed by atoms with E-state index in [1.807, 2.05) is 24.3 Å². The van der Waals surface area contributed by atoms with Crippen molar-refractivity contribution in [1.82, 2.24) is 4.90 Å². The Balaban J connectivity index is 1.91. The standard InChI is InChI=1S/C21H21BrF3NO2/c1-26(14-15-4-2-3-5-18(15)21(23,24)25)19(27)20(10-12-28-13-11-20)16-6-8-17(22)9-7-16/h2-9H,10-14H2,1H3. The molecule has 0 aromatic heterocycles. The van der Waals surface area contributed by atoms with E-state index < -0.39 is 17.2 Å². The lowest BCUT2D eigenvalue weighted by Crippen LogP contribution is -2.48. The van der Waals surface area contributed by atoms with Crippen molar-refractivity contribution in [3.8, 4) is 0 Å². The second kappa shape index (κ2) is 8.25. The Bertz CT molecular complexity index is 830. The first kappa shape index (κ1) is 20.9. The highest BCUT2D eigenvalue weighted by molar-refractivity contribution is 9.10. The van der Waals surface area contributed by atoms with Gasteiger partial charge in [-0.05, 0) is 42.2 Å². The van der Waals surface area contributed by atoms with E-state index in [0.29, 0.717) is 26.1 Å². The molecule has 3 nitrogen and oxygen atoms in total. The monoisotopic (exact) mass is 455 g/mol. The fourth-order valence-electron chi connectivity index (χ4n) is 3.74. The van der Waals surface area contributed by atoms with E-state index in [0.717, 1.165) is 16.1 Å². The Morgan fingerprint density at radius 2 is 1.71 bits per heavy atom. The first-order valence-electron chi connectivity index (χ1n) is 8.98. The highest BCUT2D eigenvalue weighted by Crippen LogP contribution is 2.38. The zero-order valence-corrected chi connectivity index (χ0v) is 17.0. The number of rotatable bonds is 4. The van der Waals surface area contributed by atoms with E-state index in [1.54, 1.807) is 13.1 Å². The SMILES string of the molecule is CN(Cc1ccccc1C(F)(F)F)C(=O)C1(c2ccc(Br)cc2)CCOCC1. The van der Waals surface area contributed by atoms with Crippen molar-refractivity contribution in [2.75, 3.05) is 20.3 Å². The maximum atomic E-state index is 13.4. The Kier molecular flexibility index (Phi) is 6.15. The van der Waals surface area contributed by atoms with Gasteiger partial charge in [-0.1, -0.05) is 46.3 Å². The van der Waals surface area contributed by atoms with Crippen LogP contribution in [-0.2, 0) is 27.7 Å². The van der Waals surface area contributed by atoms with Gasteiger partial charge >= 0.3 is 6.18 Å². The molecule has 0 atom stereocenters. The number of ether oxygens (including phenoxy) is 1. The number of carbonyl (C=O) groups is 1. The van der Waals surface area contributed by atoms with E-state index >= 15 is 0 Å². The van der Waals surface area contributed by atoms with Crippen molar-refractivity contribution in [2.45, 2.75) is 31.0 Å². The van der Waals surface area contributed by atoms with Crippen LogP contribution in [-0.4, -0.2) is 31.1 Å². The van der Waals surface area contributed by atoms with Crippen LogP contribution in [0.4, 0.5) is 13.2 Å². The Morgan fingerprint density at radius 3 is 2.32 bits per heavy atom. The number of halogens is 4. The lowest BCUT2D eigenvalue weighted by molar-refractivity contribution is -0.143. The number of amides is 1. The maximum Gasteiger partial charge on any atom is 0.416 e. The molecule has 0 bridgehead atoms. The van der Waals surface area contributed by atoms with Gasteiger partial charge in [-0.15, -0.1) is 0 Å². The molecule has 2 aromatic carbocycles. The van der Waals surface area contributed by atoms with Gasteiger partial charge in [0.25, 0.3) is 0 Å². The van der Waals surface area contributed by atoms with Gasteiger partial charge < -0.3 is 9.64 Å². The third kappa shape index (κ3) is 4.25. The highest BCUT2D eigenvalue weighted by Gasteiger charge is 2.43. The van der Waals surface area contributed by atoms with E-state index in [9.17, 15) is 18.0 Å². The highest BCUT2D eigenvalue weighted by atomic mass is 79.9. The van der Waals surface area contributed by atoms with Crippen LogP contribution in [0.1, 0.15) is 29.5 Å². The first-order valence-corrected chi connectivity index (χ1v) is 9.78. The fourth-order valence-corrected chi connectivity index (χ4v) is 4.01. The molecule has 1 saturated heterocycles. The maximum absolute atomic E-state index is 13.4. The molecule has 1 amide bonds. The predicted octanol–water partition coefficient (Wildman–Crippen LogP) is 5.17. The summed E-state index contributed by atoms with van der Waals surface area (Å²) in [7, 11) is 1.56. The Hall–Kier alpha value is -1.86. The number of nitrogens with zero attached hydrogens (tertiary/aromatic N) is 1. The molecule has 0 saturated carbocycles. The summed E-state index contributed by atoms with van der Waals surface area (Å²) < 4.78 is 46.3. The number of hydrogen-bond donors (Lipinski definition) is 0. The zero-order valence-electron chi connectivity index (χ0n) is 15.4. The topological polar surface area (TPSA) is 29.5 Å². The lowest BCUT2D eigenvalue weighted by atomic mass is 9.73. The van der Waals surface area contributed by atoms with E-state index in [1.165, 1.54) is 17.0 Å². The number of carbonyl (C=O) groups excluding carboxylic acids is 1. The summed E-state index contributed by atoms with van der Waals surface area (Å²) in [6, 6.07) is 12.9. The van der Waals surface area contributed by atoms with Gasteiger partial charge in [-0.3, -0.25) is 4.79 Å². The number of hydrogen-bond acceptors (Lipinski definition) is 2. The van der Waals surface area contributed by atoms with Gasteiger partial charge in [0.15, 0.2) is 0 Å². The van der Waals surface area contributed by atoms with Gasteiger partial charge in [-0.2, -0.15) is 13.2 Å². The summed E-state index contributed by atoms with van der Waals surface area (Å²) in [6.45, 7) is 0.775. The molecule has 0 N–H and O–H groups in total. The number of benzene rings is 2. The third-order valence-corrected chi connectivity index (χ3v) is 5.76. The third-order valence-electron chi connectivity index (χ3n) is 5.23. The van der Waals surface area contributed by atoms with Crippen molar-refractivity contribution >= 4 is 21.8 Å². The van der Waals surface area contributed by atoms with Gasteiger partial charge in [-0.25, -0.2) is 0 Å². The molecule has 0 spiro atoms. The Morgan fingerprint density at radius 1 is 1.11 bits per heavy atom. The summed E-state index contributed by atoms with van der Waals surface area (Å²) in [5.74, 6) is -0.185. The molecule has 28 heavy (non-hydrogen) atoms. The minimum Gasteiger partial charge on any atom is -0.381 e. The van der Waals surface area contributed by atoms with Crippen LogP contribution >= 0.6 is 15.9 Å². The molecule has 0 aliphatic carbocycles. The molecule has 2 aromatic rings. The average Bonchev–Trinajstić information content (AvgIpc) is 2.68. The van der Waals surface area contributed by atoms with Gasteiger partial charge in [0.05, 0.1) is 11.0 Å². The van der Waals surface area contributed by atoms with Crippen molar-refractivity contribution in [3.05, 3.63) is 69.7 Å². The van der Waals surface area contributed by atoms with Gasteiger partial charge in [0, 0.05) is 31.3 Å².